The summed E-state index contributed by atoms with van der Waals surface area (Å²) in [5.41, 5.74) is -0.0475. The van der Waals surface area contributed by atoms with Gasteiger partial charge in [-0.1, -0.05) is 25.7 Å². The summed E-state index contributed by atoms with van der Waals surface area (Å²) < 4.78 is 6.14. The summed E-state index contributed by atoms with van der Waals surface area (Å²) in [6, 6.07) is 0.763. The molecule has 0 bridgehead atoms. The highest BCUT2D eigenvalue weighted by molar-refractivity contribution is 4.89. The maximum Gasteiger partial charge on any atom is 0.0760 e. The van der Waals surface area contributed by atoms with E-state index in [0.717, 1.165) is 32.2 Å². The lowest BCUT2D eigenvalue weighted by Crippen LogP contribution is -2.58. The minimum absolute atomic E-state index is 0.0237. The fourth-order valence-electron chi connectivity index (χ4n) is 4.01. The molecule has 0 radical (unpaired) electrons. The fraction of sp³-hybridized carbons (Fsp3) is 1.00. The first-order valence-electron chi connectivity index (χ1n) is 8.52. The molecule has 2 aliphatic rings. The summed E-state index contributed by atoms with van der Waals surface area (Å²) in [7, 11) is 0. The van der Waals surface area contributed by atoms with Gasteiger partial charge in [0.1, 0.15) is 0 Å². The number of ether oxygens (including phenoxy) is 1. The molecule has 0 aromatic carbocycles. The van der Waals surface area contributed by atoms with E-state index in [1.807, 2.05) is 0 Å². The Labute approximate surface area is 125 Å². The third kappa shape index (κ3) is 5.34. The van der Waals surface area contributed by atoms with Gasteiger partial charge >= 0.3 is 0 Å². The normalized spacial score (nSPS) is 28.2. The zero-order valence-electron chi connectivity index (χ0n) is 14.0. The van der Waals surface area contributed by atoms with E-state index < -0.39 is 0 Å². The van der Waals surface area contributed by atoms with Gasteiger partial charge in [0.15, 0.2) is 0 Å². The van der Waals surface area contributed by atoms with Crippen LogP contribution in [-0.4, -0.2) is 48.3 Å². The predicted molar refractivity (Wildman–Crippen MR) is 85.2 cm³/mol. The smallest absolute Gasteiger partial charge is 0.0760 e. The molecular weight excluding hydrogens is 248 g/mol. The van der Waals surface area contributed by atoms with Crippen LogP contribution in [-0.2, 0) is 4.74 Å². The minimum atomic E-state index is -0.0237. The number of rotatable bonds is 4. The lowest BCUT2D eigenvalue weighted by molar-refractivity contribution is -0.180. The molecule has 118 valence electrons. The topological polar surface area (TPSA) is 24.5 Å². The molecule has 3 nitrogen and oxygen atoms in total. The largest absolute Gasteiger partial charge is 0.367 e. The van der Waals surface area contributed by atoms with Gasteiger partial charge in [0.25, 0.3) is 0 Å². The SMILES string of the molecule is CC1(C)CN(CCNC2CCCCCC2)CC(C)(C)O1. The molecule has 1 aliphatic heterocycles. The van der Waals surface area contributed by atoms with Crippen molar-refractivity contribution in [3.63, 3.8) is 0 Å². The second-order valence-electron chi connectivity index (χ2n) is 7.97. The third-order valence-electron chi connectivity index (χ3n) is 4.48. The molecule has 2 fully saturated rings. The van der Waals surface area contributed by atoms with Gasteiger partial charge in [0.2, 0.25) is 0 Å². The van der Waals surface area contributed by atoms with Crippen molar-refractivity contribution in [2.45, 2.75) is 83.5 Å². The van der Waals surface area contributed by atoms with E-state index in [2.05, 4.69) is 37.9 Å². The molecule has 1 N–H and O–H groups in total. The number of nitrogens with zero attached hydrogens (tertiary/aromatic N) is 1. The van der Waals surface area contributed by atoms with E-state index in [4.69, 9.17) is 4.74 Å². The second kappa shape index (κ2) is 6.76. The van der Waals surface area contributed by atoms with Gasteiger partial charge in [0, 0.05) is 32.2 Å². The van der Waals surface area contributed by atoms with Crippen LogP contribution in [0.1, 0.15) is 66.2 Å². The Balaban J connectivity index is 1.73. The van der Waals surface area contributed by atoms with Crippen LogP contribution in [0.25, 0.3) is 0 Å². The van der Waals surface area contributed by atoms with E-state index >= 15 is 0 Å². The van der Waals surface area contributed by atoms with Gasteiger partial charge in [-0.05, 0) is 40.5 Å². The summed E-state index contributed by atoms with van der Waals surface area (Å²) in [5.74, 6) is 0. The van der Waals surface area contributed by atoms with Crippen LogP contribution in [0.5, 0.6) is 0 Å². The summed E-state index contributed by atoms with van der Waals surface area (Å²) in [4.78, 5) is 2.56. The first kappa shape index (κ1) is 16.3. The number of morpholine rings is 1. The Hall–Kier alpha value is -0.120. The Morgan fingerprint density at radius 3 is 2.05 bits per heavy atom. The zero-order valence-corrected chi connectivity index (χ0v) is 14.0. The van der Waals surface area contributed by atoms with Crippen molar-refractivity contribution in [3.8, 4) is 0 Å². The number of hydrogen-bond acceptors (Lipinski definition) is 3. The average molecular weight is 282 g/mol. The van der Waals surface area contributed by atoms with Crippen LogP contribution in [0.4, 0.5) is 0 Å². The number of hydrogen-bond donors (Lipinski definition) is 1. The van der Waals surface area contributed by atoms with Gasteiger partial charge in [-0.2, -0.15) is 0 Å². The van der Waals surface area contributed by atoms with Crippen LogP contribution in [0.15, 0.2) is 0 Å². The van der Waals surface area contributed by atoms with Crippen molar-refractivity contribution in [1.29, 1.82) is 0 Å². The Morgan fingerprint density at radius 1 is 0.950 bits per heavy atom. The summed E-state index contributed by atoms with van der Waals surface area (Å²) >= 11 is 0. The highest BCUT2D eigenvalue weighted by atomic mass is 16.5. The first-order chi connectivity index (χ1) is 9.36. The van der Waals surface area contributed by atoms with Crippen molar-refractivity contribution in [2.75, 3.05) is 26.2 Å². The van der Waals surface area contributed by atoms with Crippen molar-refractivity contribution in [3.05, 3.63) is 0 Å². The van der Waals surface area contributed by atoms with Gasteiger partial charge in [0.05, 0.1) is 11.2 Å². The van der Waals surface area contributed by atoms with Gasteiger partial charge in [-0.3, -0.25) is 4.90 Å². The molecule has 3 heteroatoms. The molecule has 0 aromatic heterocycles. The zero-order chi connectivity index (χ0) is 14.6. The van der Waals surface area contributed by atoms with Crippen LogP contribution >= 0.6 is 0 Å². The predicted octanol–water partition coefficient (Wildman–Crippen LogP) is 3.19. The van der Waals surface area contributed by atoms with Crippen LogP contribution in [0.2, 0.25) is 0 Å². The van der Waals surface area contributed by atoms with Crippen molar-refractivity contribution in [2.24, 2.45) is 0 Å². The molecule has 1 aliphatic carbocycles. The molecule has 0 amide bonds. The van der Waals surface area contributed by atoms with Crippen LogP contribution in [0.3, 0.4) is 0 Å². The molecule has 1 saturated carbocycles. The molecule has 2 rings (SSSR count). The lowest BCUT2D eigenvalue weighted by Gasteiger charge is -2.47. The monoisotopic (exact) mass is 282 g/mol. The molecule has 0 unspecified atom stereocenters. The highest BCUT2D eigenvalue weighted by Crippen LogP contribution is 2.27. The summed E-state index contributed by atoms with van der Waals surface area (Å²) in [6.07, 6.45) is 8.44. The fourth-order valence-corrected chi connectivity index (χ4v) is 4.01. The van der Waals surface area contributed by atoms with E-state index in [-0.39, 0.29) is 11.2 Å². The Morgan fingerprint density at radius 2 is 1.50 bits per heavy atom. The van der Waals surface area contributed by atoms with Gasteiger partial charge in [-0.15, -0.1) is 0 Å². The Bertz CT molecular complexity index is 277. The Kier molecular flexibility index (Phi) is 5.49. The summed E-state index contributed by atoms with van der Waals surface area (Å²) in [5, 5.41) is 3.78. The van der Waals surface area contributed by atoms with E-state index in [0.29, 0.717) is 0 Å². The van der Waals surface area contributed by atoms with Crippen LogP contribution < -0.4 is 5.32 Å². The molecule has 20 heavy (non-hydrogen) atoms. The maximum absolute atomic E-state index is 6.14. The quantitative estimate of drug-likeness (QED) is 0.802. The molecule has 0 spiro atoms. The highest BCUT2D eigenvalue weighted by Gasteiger charge is 2.37. The molecule has 0 aromatic rings. The standard InChI is InChI=1S/C17H34N2O/c1-16(2)13-19(14-17(3,4)20-16)12-11-18-15-9-7-5-6-8-10-15/h15,18H,5-14H2,1-4H3. The summed E-state index contributed by atoms with van der Waals surface area (Å²) in [6.45, 7) is 13.2. The van der Waals surface area contributed by atoms with E-state index in [1.165, 1.54) is 38.5 Å². The maximum atomic E-state index is 6.14. The average Bonchev–Trinajstić information content (AvgIpc) is 2.53. The van der Waals surface area contributed by atoms with Crippen molar-refractivity contribution >= 4 is 0 Å². The molecule has 0 atom stereocenters. The van der Waals surface area contributed by atoms with Crippen molar-refractivity contribution in [1.82, 2.24) is 10.2 Å². The molecule has 1 saturated heterocycles. The molecule has 1 heterocycles. The van der Waals surface area contributed by atoms with E-state index in [1.54, 1.807) is 0 Å². The third-order valence-corrected chi connectivity index (χ3v) is 4.48. The van der Waals surface area contributed by atoms with Gasteiger partial charge in [-0.25, -0.2) is 0 Å². The molecular formula is C17H34N2O. The first-order valence-corrected chi connectivity index (χ1v) is 8.52. The number of nitrogens with one attached hydrogen (secondary N) is 1. The van der Waals surface area contributed by atoms with Crippen LogP contribution in [0, 0.1) is 0 Å². The van der Waals surface area contributed by atoms with E-state index in [9.17, 15) is 0 Å². The lowest BCUT2D eigenvalue weighted by atomic mass is 9.99. The van der Waals surface area contributed by atoms with Gasteiger partial charge < -0.3 is 10.1 Å². The van der Waals surface area contributed by atoms with Crippen molar-refractivity contribution < 1.29 is 4.74 Å². The minimum Gasteiger partial charge on any atom is -0.367 e. The second-order valence-corrected chi connectivity index (χ2v) is 7.97.